The third-order valence-electron chi connectivity index (χ3n) is 4.81. The summed E-state index contributed by atoms with van der Waals surface area (Å²) in [5.74, 6) is 0.453. The van der Waals surface area contributed by atoms with Crippen LogP contribution in [0.2, 0.25) is 0 Å². The molecule has 1 atom stereocenters. The van der Waals surface area contributed by atoms with Gasteiger partial charge < -0.3 is 24.0 Å². The molecule has 1 aromatic carbocycles. The Bertz CT molecular complexity index is 867. The lowest BCUT2D eigenvalue weighted by Crippen LogP contribution is -2.56. The highest BCUT2D eigenvalue weighted by atomic mass is 32.2. The number of methoxy groups -OCH3 is 2. The molecular weight excluding hydrogens is 414 g/mol. The van der Waals surface area contributed by atoms with E-state index in [0.29, 0.717) is 43.4 Å². The average molecular weight is 444 g/mol. The number of hydrogen-bond donors (Lipinski definition) is 0. The van der Waals surface area contributed by atoms with E-state index in [1.807, 2.05) is 0 Å². The Kier molecular flexibility index (Phi) is 7.77. The number of rotatable bonds is 7. The smallest absolute Gasteiger partial charge is 0.409 e. The van der Waals surface area contributed by atoms with E-state index in [4.69, 9.17) is 14.2 Å². The zero-order chi connectivity index (χ0) is 22.5. The van der Waals surface area contributed by atoms with Gasteiger partial charge in [0.15, 0.2) is 11.5 Å². The maximum atomic E-state index is 13.1. The fourth-order valence-electron chi connectivity index (χ4n) is 3.35. The molecule has 0 aliphatic carbocycles. The number of carbonyl (C=O) groups is 2. The minimum Gasteiger partial charge on any atom is -0.493 e. The summed E-state index contributed by atoms with van der Waals surface area (Å²) in [5, 5.41) is 0. The molecule has 2 rings (SSSR count). The van der Waals surface area contributed by atoms with E-state index in [1.54, 1.807) is 24.0 Å². The number of hydrogen-bond acceptors (Lipinski definition) is 7. The molecule has 0 aromatic heterocycles. The van der Waals surface area contributed by atoms with Crippen molar-refractivity contribution in [3.63, 3.8) is 0 Å². The number of piperazine rings is 1. The Morgan fingerprint density at radius 2 is 1.63 bits per heavy atom. The number of benzene rings is 1. The van der Waals surface area contributed by atoms with Crippen molar-refractivity contribution in [3.05, 3.63) is 18.2 Å². The molecule has 2 amide bonds. The van der Waals surface area contributed by atoms with Gasteiger partial charge in [0.1, 0.15) is 6.04 Å². The molecule has 1 saturated heterocycles. The zero-order valence-electron chi connectivity index (χ0n) is 18.0. The third-order valence-corrected chi connectivity index (χ3v) is 6.05. The second kappa shape index (κ2) is 9.88. The molecular formula is C19H29N3O7S. The predicted octanol–water partition coefficient (Wildman–Crippen LogP) is 1.16. The lowest BCUT2D eigenvalue weighted by molar-refractivity contribution is -0.133. The van der Waals surface area contributed by atoms with Gasteiger partial charge >= 0.3 is 6.09 Å². The van der Waals surface area contributed by atoms with Crippen molar-refractivity contribution in [1.29, 1.82) is 0 Å². The van der Waals surface area contributed by atoms with Gasteiger partial charge in [-0.1, -0.05) is 0 Å². The van der Waals surface area contributed by atoms with Crippen LogP contribution in [-0.4, -0.2) is 89.5 Å². The minimum atomic E-state index is -3.77. The molecule has 0 saturated carbocycles. The minimum absolute atomic E-state index is 0.281. The SMILES string of the molecule is CCOC(=O)N1CCN(C(=O)[C@@H](C)N(c2ccc(OC)c(OC)c2)S(C)(=O)=O)CC1. The molecule has 1 fully saturated rings. The van der Waals surface area contributed by atoms with Crippen molar-refractivity contribution in [2.24, 2.45) is 0 Å². The third kappa shape index (κ3) is 5.26. The quantitative estimate of drug-likeness (QED) is 0.623. The first-order chi connectivity index (χ1) is 14.1. The summed E-state index contributed by atoms with van der Waals surface area (Å²) in [6.45, 7) is 4.80. The van der Waals surface area contributed by atoms with Gasteiger partial charge in [0.05, 0.1) is 32.8 Å². The van der Waals surface area contributed by atoms with Gasteiger partial charge in [0.25, 0.3) is 0 Å². The van der Waals surface area contributed by atoms with Gasteiger partial charge in [0.2, 0.25) is 15.9 Å². The van der Waals surface area contributed by atoms with Gasteiger partial charge in [-0.2, -0.15) is 0 Å². The standard InChI is InChI=1S/C19H29N3O7S/c1-6-29-19(24)21-11-9-20(10-12-21)18(23)14(2)22(30(5,25)26)15-7-8-16(27-3)17(13-15)28-4/h7-8,13-14H,6,9-12H2,1-5H3/t14-/m1/s1. The van der Waals surface area contributed by atoms with Crippen LogP contribution in [0.15, 0.2) is 18.2 Å². The van der Waals surface area contributed by atoms with Crippen LogP contribution in [0.3, 0.4) is 0 Å². The summed E-state index contributed by atoms with van der Waals surface area (Å²) in [5.41, 5.74) is 0.293. The summed E-state index contributed by atoms with van der Waals surface area (Å²) in [4.78, 5) is 28.0. The second-order valence-corrected chi connectivity index (χ2v) is 8.64. The highest BCUT2D eigenvalue weighted by molar-refractivity contribution is 7.92. The van der Waals surface area contributed by atoms with Crippen molar-refractivity contribution >= 4 is 27.7 Å². The first kappa shape index (κ1) is 23.6. The molecule has 30 heavy (non-hydrogen) atoms. The molecule has 0 bridgehead atoms. The molecule has 1 aliphatic heterocycles. The van der Waals surface area contributed by atoms with Gasteiger partial charge in [0, 0.05) is 32.2 Å². The molecule has 0 unspecified atom stereocenters. The topological polar surface area (TPSA) is 106 Å². The van der Waals surface area contributed by atoms with Gasteiger partial charge in [-0.05, 0) is 26.0 Å². The average Bonchev–Trinajstić information content (AvgIpc) is 2.72. The summed E-state index contributed by atoms with van der Waals surface area (Å²) in [6, 6.07) is 3.68. The summed E-state index contributed by atoms with van der Waals surface area (Å²) in [7, 11) is -0.844. The molecule has 0 N–H and O–H groups in total. The van der Waals surface area contributed by atoms with E-state index in [0.717, 1.165) is 10.6 Å². The van der Waals surface area contributed by atoms with E-state index < -0.39 is 22.2 Å². The molecule has 0 spiro atoms. The number of anilines is 1. The van der Waals surface area contributed by atoms with Crippen molar-refractivity contribution in [2.45, 2.75) is 19.9 Å². The van der Waals surface area contributed by atoms with Gasteiger partial charge in [-0.15, -0.1) is 0 Å². The highest BCUT2D eigenvalue weighted by Gasteiger charge is 2.34. The van der Waals surface area contributed by atoms with Crippen LogP contribution >= 0.6 is 0 Å². The van der Waals surface area contributed by atoms with E-state index in [-0.39, 0.29) is 12.5 Å². The molecule has 168 valence electrons. The zero-order valence-corrected chi connectivity index (χ0v) is 18.8. The number of sulfonamides is 1. The Labute approximate surface area is 177 Å². The Morgan fingerprint density at radius 1 is 1.07 bits per heavy atom. The van der Waals surface area contributed by atoms with Crippen LogP contribution in [0.4, 0.5) is 10.5 Å². The fourth-order valence-corrected chi connectivity index (χ4v) is 4.51. The van der Waals surface area contributed by atoms with Crippen LogP contribution in [0.5, 0.6) is 11.5 Å². The number of carbonyl (C=O) groups excluding carboxylic acids is 2. The first-order valence-corrected chi connectivity index (χ1v) is 11.4. The molecule has 1 aromatic rings. The molecule has 1 aliphatic rings. The first-order valence-electron chi connectivity index (χ1n) is 9.56. The molecule has 11 heteroatoms. The van der Waals surface area contributed by atoms with E-state index in [9.17, 15) is 18.0 Å². The van der Waals surface area contributed by atoms with Crippen molar-refractivity contribution < 1.29 is 32.2 Å². The number of nitrogens with zero attached hydrogens (tertiary/aromatic N) is 3. The summed E-state index contributed by atoms with van der Waals surface area (Å²) >= 11 is 0. The molecule has 10 nitrogen and oxygen atoms in total. The number of ether oxygens (including phenoxy) is 3. The monoisotopic (exact) mass is 443 g/mol. The van der Waals surface area contributed by atoms with Gasteiger partial charge in [-0.25, -0.2) is 13.2 Å². The fraction of sp³-hybridized carbons (Fsp3) is 0.579. The van der Waals surface area contributed by atoms with Crippen molar-refractivity contribution in [3.8, 4) is 11.5 Å². The van der Waals surface area contributed by atoms with E-state index >= 15 is 0 Å². The largest absolute Gasteiger partial charge is 0.493 e. The van der Waals surface area contributed by atoms with Crippen molar-refractivity contribution in [2.75, 3.05) is 57.6 Å². The Balaban J connectivity index is 2.21. The predicted molar refractivity (Wildman–Crippen MR) is 112 cm³/mol. The molecule has 1 heterocycles. The van der Waals surface area contributed by atoms with Crippen LogP contribution in [0.25, 0.3) is 0 Å². The lowest BCUT2D eigenvalue weighted by atomic mass is 10.2. The van der Waals surface area contributed by atoms with Crippen LogP contribution in [-0.2, 0) is 19.6 Å². The van der Waals surface area contributed by atoms with Crippen LogP contribution < -0.4 is 13.8 Å². The van der Waals surface area contributed by atoms with E-state index in [1.165, 1.54) is 32.1 Å². The normalized spacial score (nSPS) is 15.4. The maximum Gasteiger partial charge on any atom is 0.409 e. The van der Waals surface area contributed by atoms with Crippen molar-refractivity contribution in [1.82, 2.24) is 9.80 Å². The number of amides is 2. The lowest BCUT2D eigenvalue weighted by Gasteiger charge is -2.37. The van der Waals surface area contributed by atoms with Crippen LogP contribution in [0, 0.1) is 0 Å². The van der Waals surface area contributed by atoms with E-state index in [2.05, 4.69) is 0 Å². The Hall–Kier alpha value is -2.69. The van der Waals surface area contributed by atoms with Gasteiger partial charge in [-0.3, -0.25) is 9.10 Å². The van der Waals surface area contributed by atoms with Crippen LogP contribution in [0.1, 0.15) is 13.8 Å². The summed E-state index contributed by atoms with van der Waals surface area (Å²) in [6.07, 6.45) is 0.632. The summed E-state index contributed by atoms with van der Waals surface area (Å²) < 4.78 is 41.6. The Morgan fingerprint density at radius 3 is 2.13 bits per heavy atom. The molecule has 0 radical (unpaired) electrons. The maximum absolute atomic E-state index is 13.1. The second-order valence-electron chi connectivity index (χ2n) is 6.79. The highest BCUT2D eigenvalue weighted by Crippen LogP contribution is 2.33.